The third kappa shape index (κ3) is 10.1. The number of nitrogens with one attached hydrogen (secondary N) is 2. The van der Waals surface area contributed by atoms with E-state index in [1.54, 1.807) is 24.3 Å². The predicted molar refractivity (Wildman–Crippen MR) is 163 cm³/mol. The number of carbonyl (C=O) groups is 3. The van der Waals surface area contributed by atoms with Crippen LogP contribution in [-0.2, 0) is 25.5 Å². The zero-order valence-electron chi connectivity index (χ0n) is 23.8. The summed E-state index contributed by atoms with van der Waals surface area (Å²) in [6.07, 6.45) is 0.709. The number of benzene rings is 3. The molecule has 0 spiro atoms. The molecule has 3 aromatic carbocycles. The van der Waals surface area contributed by atoms with E-state index in [0.29, 0.717) is 17.8 Å². The van der Waals surface area contributed by atoms with Gasteiger partial charge in [-0.25, -0.2) is 4.79 Å². The Morgan fingerprint density at radius 3 is 2.09 bits per heavy atom. The number of urea groups is 1. The van der Waals surface area contributed by atoms with Gasteiger partial charge in [0.05, 0.1) is 28.7 Å². The van der Waals surface area contributed by atoms with Crippen molar-refractivity contribution in [1.82, 2.24) is 0 Å². The number of nitrogens with zero attached hydrogens (tertiary/aromatic N) is 4. The van der Waals surface area contributed by atoms with Gasteiger partial charge < -0.3 is 25.0 Å². The smallest absolute Gasteiger partial charge is 0.323 e. The Balaban J connectivity index is 1.95. The highest BCUT2D eigenvalue weighted by Crippen LogP contribution is 2.34. The van der Waals surface area contributed by atoms with Gasteiger partial charge in [0.2, 0.25) is 0 Å². The van der Waals surface area contributed by atoms with Crippen LogP contribution in [0, 0.1) is 10.1 Å². The Bertz CT molecular complexity index is 1490. The fourth-order valence-corrected chi connectivity index (χ4v) is 4.11. The fourth-order valence-electron chi connectivity index (χ4n) is 3.90. The second kappa shape index (κ2) is 15.8. The third-order valence-corrected chi connectivity index (χ3v) is 6.28. The van der Waals surface area contributed by atoms with Crippen molar-refractivity contribution in [3.8, 4) is 0 Å². The molecule has 0 heterocycles. The van der Waals surface area contributed by atoms with Crippen molar-refractivity contribution in [2.45, 2.75) is 27.2 Å². The number of azo groups is 1. The van der Waals surface area contributed by atoms with Gasteiger partial charge in [0.15, 0.2) is 0 Å². The van der Waals surface area contributed by atoms with E-state index in [0.717, 1.165) is 5.56 Å². The van der Waals surface area contributed by atoms with Crippen LogP contribution in [0.5, 0.6) is 0 Å². The van der Waals surface area contributed by atoms with Crippen molar-refractivity contribution in [2.24, 2.45) is 10.2 Å². The first kappa shape index (κ1) is 32.5. The van der Waals surface area contributed by atoms with E-state index in [4.69, 9.17) is 21.1 Å². The Kier molecular flexibility index (Phi) is 11.9. The van der Waals surface area contributed by atoms with Gasteiger partial charge in [0.1, 0.15) is 24.6 Å². The van der Waals surface area contributed by atoms with Gasteiger partial charge in [-0.15, -0.1) is 10.2 Å². The second-order valence-corrected chi connectivity index (χ2v) is 9.46. The minimum Gasteiger partial charge on any atom is -0.464 e. The Morgan fingerprint density at radius 1 is 0.884 bits per heavy atom. The van der Waals surface area contributed by atoms with E-state index >= 15 is 0 Å². The number of anilines is 3. The van der Waals surface area contributed by atoms with E-state index in [9.17, 15) is 24.5 Å². The zero-order valence-corrected chi connectivity index (χ0v) is 24.6. The van der Waals surface area contributed by atoms with Crippen molar-refractivity contribution in [2.75, 3.05) is 41.8 Å². The lowest BCUT2D eigenvalue weighted by Gasteiger charge is -2.25. The number of halogens is 1. The number of carbonyl (C=O) groups excluding carboxylic acids is 3. The van der Waals surface area contributed by atoms with Crippen LogP contribution in [-0.4, -0.2) is 49.2 Å². The number of amides is 2. The molecule has 3 aromatic rings. The number of nitro benzene ring substituents is 1. The number of para-hydroxylation sites is 1. The average Bonchev–Trinajstić information content (AvgIpc) is 2.96. The molecule has 3 rings (SSSR count). The van der Waals surface area contributed by atoms with Crippen molar-refractivity contribution < 1.29 is 28.8 Å². The summed E-state index contributed by atoms with van der Waals surface area (Å²) in [6, 6.07) is 15.6. The van der Waals surface area contributed by atoms with Gasteiger partial charge in [-0.2, -0.15) is 0 Å². The van der Waals surface area contributed by atoms with Crippen LogP contribution in [0.15, 0.2) is 70.9 Å². The van der Waals surface area contributed by atoms with Crippen LogP contribution < -0.4 is 15.5 Å². The summed E-state index contributed by atoms with van der Waals surface area (Å²) in [5, 5.41) is 25.1. The number of non-ortho nitro benzene ring substituents is 1. The number of hydrogen-bond donors (Lipinski definition) is 2. The third-order valence-electron chi connectivity index (χ3n) is 5.98. The van der Waals surface area contributed by atoms with Gasteiger partial charge in [-0.3, -0.25) is 19.7 Å². The monoisotopic (exact) mass is 610 g/mol. The predicted octanol–water partition coefficient (Wildman–Crippen LogP) is 6.80. The standard InChI is InChI=1S/C29H31ClN6O7/c1-4-21-7-5-6-8-25(21)31-29(39)32-28-18-22(35(13-15-42-19(2)37)14-16-43-20(3)38)9-12-27(28)34-33-26-11-10-23(36(40)41)17-24(26)30/h5-12,17-18H,4,13-16H2,1-3H3,(H2,31,32,39). The summed E-state index contributed by atoms with van der Waals surface area (Å²) in [5.74, 6) is -0.876. The van der Waals surface area contributed by atoms with Crippen LogP contribution in [0.25, 0.3) is 0 Å². The Hall–Kier alpha value is -5.04. The van der Waals surface area contributed by atoms with Crippen LogP contribution >= 0.6 is 11.6 Å². The molecule has 2 amide bonds. The maximum atomic E-state index is 13.1. The highest BCUT2D eigenvalue weighted by atomic mass is 35.5. The molecule has 0 aromatic heterocycles. The lowest BCUT2D eigenvalue weighted by molar-refractivity contribution is -0.384. The lowest BCUT2D eigenvalue weighted by Crippen LogP contribution is -2.32. The molecule has 0 atom stereocenters. The molecule has 0 radical (unpaired) electrons. The summed E-state index contributed by atoms with van der Waals surface area (Å²) in [6.45, 7) is 5.28. The average molecular weight is 611 g/mol. The number of aryl methyl sites for hydroxylation is 1. The number of esters is 2. The SMILES string of the molecule is CCc1ccccc1NC(=O)Nc1cc(N(CCOC(C)=O)CCOC(C)=O)ccc1N=Nc1ccc([N+](=O)[O-])cc1Cl. The summed E-state index contributed by atoms with van der Waals surface area (Å²) in [7, 11) is 0. The fraction of sp³-hybridized carbons (Fsp3) is 0.276. The molecule has 226 valence electrons. The quantitative estimate of drug-likeness (QED) is 0.0922. The van der Waals surface area contributed by atoms with E-state index in [1.165, 1.54) is 32.0 Å². The van der Waals surface area contributed by atoms with Gasteiger partial charge >= 0.3 is 18.0 Å². The molecule has 0 aliphatic carbocycles. The topological polar surface area (TPSA) is 165 Å². The molecular formula is C29H31ClN6O7. The Labute approximate surface area is 253 Å². The van der Waals surface area contributed by atoms with Crippen molar-refractivity contribution in [3.63, 3.8) is 0 Å². The van der Waals surface area contributed by atoms with E-state index < -0.39 is 22.9 Å². The molecule has 0 saturated carbocycles. The molecule has 43 heavy (non-hydrogen) atoms. The number of hydrogen-bond acceptors (Lipinski definition) is 10. The highest BCUT2D eigenvalue weighted by Gasteiger charge is 2.15. The van der Waals surface area contributed by atoms with Crippen LogP contribution in [0.4, 0.5) is 38.9 Å². The molecule has 0 bridgehead atoms. The largest absolute Gasteiger partial charge is 0.464 e. The first-order chi connectivity index (χ1) is 20.6. The lowest BCUT2D eigenvalue weighted by atomic mass is 10.1. The number of nitro groups is 1. The molecule has 13 nitrogen and oxygen atoms in total. The summed E-state index contributed by atoms with van der Waals surface area (Å²) in [4.78, 5) is 48.0. The first-order valence-electron chi connectivity index (χ1n) is 13.2. The molecule has 0 saturated heterocycles. The van der Waals surface area contributed by atoms with E-state index in [2.05, 4.69) is 20.9 Å². The normalized spacial score (nSPS) is 10.7. The molecular weight excluding hydrogens is 580 g/mol. The van der Waals surface area contributed by atoms with Crippen LogP contribution in [0.2, 0.25) is 5.02 Å². The van der Waals surface area contributed by atoms with Gasteiger partial charge in [0, 0.05) is 37.4 Å². The van der Waals surface area contributed by atoms with Crippen molar-refractivity contribution >= 4 is 63.7 Å². The van der Waals surface area contributed by atoms with Gasteiger partial charge in [0.25, 0.3) is 5.69 Å². The molecule has 0 unspecified atom stereocenters. The number of ether oxygens (including phenoxy) is 2. The van der Waals surface area contributed by atoms with Gasteiger partial charge in [-0.1, -0.05) is 36.7 Å². The number of rotatable bonds is 13. The molecule has 0 aliphatic rings. The van der Waals surface area contributed by atoms with Gasteiger partial charge in [-0.05, 0) is 42.3 Å². The van der Waals surface area contributed by atoms with Crippen LogP contribution in [0.1, 0.15) is 26.3 Å². The van der Waals surface area contributed by atoms with Crippen molar-refractivity contribution in [1.29, 1.82) is 0 Å². The van der Waals surface area contributed by atoms with E-state index in [1.807, 2.05) is 30.0 Å². The summed E-state index contributed by atoms with van der Waals surface area (Å²) < 4.78 is 10.2. The minimum absolute atomic E-state index is 0.0279. The first-order valence-corrected chi connectivity index (χ1v) is 13.6. The minimum atomic E-state index is -0.572. The molecule has 2 N–H and O–H groups in total. The maximum absolute atomic E-state index is 13.1. The summed E-state index contributed by atoms with van der Waals surface area (Å²) >= 11 is 6.17. The molecule has 0 aliphatic heterocycles. The van der Waals surface area contributed by atoms with Crippen molar-refractivity contribution in [3.05, 3.63) is 81.4 Å². The zero-order chi connectivity index (χ0) is 31.4. The second-order valence-electron chi connectivity index (χ2n) is 9.05. The molecule has 0 fully saturated rings. The summed E-state index contributed by atoms with van der Waals surface area (Å²) in [5.41, 5.74) is 2.73. The van der Waals surface area contributed by atoms with Crippen LogP contribution in [0.3, 0.4) is 0 Å². The van der Waals surface area contributed by atoms with E-state index in [-0.39, 0.29) is 54.1 Å². The highest BCUT2D eigenvalue weighted by molar-refractivity contribution is 6.33. The molecule has 14 heteroatoms. The maximum Gasteiger partial charge on any atom is 0.323 e. The Morgan fingerprint density at radius 2 is 1.49 bits per heavy atom.